The van der Waals surface area contributed by atoms with Crippen molar-refractivity contribution < 1.29 is 0 Å². The highest BCUT2D eigenvalue weighted by Gasteiger charge is 2.23. The Labute approximate surface area is 141 Å². The monoisotopic (exact) mass is 316 g/mol. The number of nitrogens with one attached hydrogen (secondary N) is 1. The minimum absolute atomic E-state index is 0.0426. The predicted octanol–water partition coefficient (Wildman–Crippen LogP) is 4.26. The van der Waals surface area contributed by atoms with Gasteiger partial charge in [0.2, 0.25) is 5.95 Å². The minimum Gasteiger partial charge on any atom is -0.324 e. The van der Waals surface area contributed by atoms with E-state index in [0.29, 0.717) is 0 Å². The Hall–Kier alpha value is -2.88. The first-order valence-corrected chi connectivity index (χ1v) is 8.14. The van der Waals surface area contributed by atoms with Crippen LogP contribution in [0, 0.1) is 20.8 Å². The Balaban J connectivity index is 1.81. The molecule has 1 atom stereocenters. The number of rotatable bonds is 2. The highest BCUT2D eigenvalue weighted by molar-refractivity contribution is 5.77. The van der Waals surface area contributed by atoms with E-state index in [1.807, 2.05) is 4.68 Å². The number of hydrogen-bond donors (Lipinski definition) is 1. The van der Waals surface area contributed by atoms with Crippen LogP contribution in [0.2, 0.25) is 0 Å². The molecule has 0 spiro atoms. The molecule has 4 heteroatoms. The van der Waals surface area contributed by atoms with Gasteiger partial charge in [-0.15, -0.1) is 0 Å². The molecular weight excluding hydrogens is 296 g/mol. The summed E-state index contributed by atoms with van der Waals surface area (Å²) in [5, 5.41) is 7.80. The second-order valence-corrected chi connectivity index (χ2v) is 6.39. The van der Waals surface area contributed by atoms with Gasteiger partial charge in [-0.1, -0.05) is 42.0 Å². The molecule has 4 nitrogen and oxygen atoms in total. The van der Waals surface area contributed by atoms with Crippen LogP contribution >= 0.6 is 0 Å². The van der Waals surface area contributed by atoms with E-state index in [9.17, 15) is 0 Å². The number of allylic oxidation sites excluding steroid dienone is 1. The van der Waals surface area contributed by atoms with Crippen LogP contribution in [0.25, 0.3) is 5.70 Å². The van der Waals surface area contributed by atoms with Crippen LogP contribution in [0.1, 0.15) is 33.9 Å². The van der Waals surface area contributed by atoms with E-state index in [4.69, 9.17) is 0 Å². The van der Waals surface area contributed by atoms with Crippen LogP contribution in [-0.2, 0) is 0 Å². The largest absolute Gasteiger partial charge is 0.324 e. The van der Waals surface area contributed by atoms with E-state index < -0.39 is 0 Å². The number of benzene rings is 2. The molecule has 0 bridgehead atoms. The molecule has 1 aliphatic rings. The topological polar surface area (TPSA) is 42.7 Å². The summed E-state index contributed by atoms with van der Waals surface area (Å²) in [6, 6.07) is 15.2. The van der Waals surface area contributed by atoms with Gasteiger partial charge in [0.25, 0.3) is 0 Å². The Morgan fingerprint density at radius 2 is 1.75 bits per heavy atom. The van der Waals surface area contributed by atoms with Crippen LogP contribution in [0.15, 0.2) is 54.9 Å². The average molecular weight is 316 g/mol. The molecule has 0 radical (unpaired) electrons. The van der Waals surface area contributed by atoms with Gasteiger partial charge in [0, 0.05) is 5.70 Å². The lowest BCUT2D eigenvalue weighted by atomic mass is 9.99. The Bertz CT molecular complexity index is 919. The quantitative estimate of drug-likeness (QED) is 0.768. The number of aryl methyl sites for hydroxylation is 3. The third-order valence-corrected chi connectivity index (χ3v) is 4.64. The highest BCUT2D eigenvalue weighted by Crippen LogP contribution is 2.32. The van der Waals surface area contributed by atoms with Crippen molar-refractivity contribution in [2.24, 2.45) is 0 Å². The van der Waals surface area contributed by atoms with Gasteiger partial charge in [0.05, 0.1) is 0 Å². The number of aromatic nitrogens is 3. The van der Waals surface area contributed by atoms with Crippen LogP contribution < -0.4 is 5.32 Å². The number of anilines is 1. The van der Waals surface area contributed by atoms with Crippen molar-refractivity contribution in [3.05, 3.63) is 82.7 Å². The minimum atomic E-state index is 0.0426. The first kappa shape index (κ1) is 14.7. The van der Waals surface area contributed by atoms with Crippen molar-refractivity contribution in [1.82, 2.24) is 14.8 Å². The lowest BCUT2D eigenvalue weighted by Gasteiger charge is -2.24. The van der Waals surface area contributed by atoms with Gasteiger partial charge in [0.15, 0.2) is 0 Å². The van der Waals surface area contributed by atoms with Gasteiger partial charge in [-0.05, 0) is 55.2 Å². The van der Waals surface area contributed by atoms with Crippen molar-refractivity contribution in [1.29, 1.82) is 0 Å². The van der Waals surface area contributed by atoms with Crippen LogP contribution in [0.5, 0.6) is 0 Å². The van der Waals surface area contributed by atoms with E-state index in [2.05, 4.69) is 84.7 Å². The zero-order valence-corrected chi connectivity index (χ0v) is 14.1. The third-order valence-electron chi connectivity index (χ3n) is 4.64. The zero-order valence-electron chi connectivity index (χ0n) is 14.1. The first-order chi connectivity index (χ1) is 11.6. The summed E-state index contributed by atoms with van der Waals surface area (Å²) in [4.78, 5) is 4.37. The molecule has 0 unspecified atom stereocenters. The SMILES string of the molecule is Cc1ccc([C@H]2C=C(c3ccc(C)c(C)c3)Nc3ncnn32)cc1. The van der Waals surface area contributed by atoms with E-state index in [-0.39, 0.29) is 6.04 Å². The van der Waals surface area contributed by atoms with Gasteiger partial charge in [-0.25, -0.2) is 4.68 Å². The summed E-state index contributed by atoms with van der Waals surface area (Å²) in [6.07, 6.45) is 3.82. The van der Waals surface area contributed by atoms with Crippen LogP contribution in [-0.4, -0.2) is 14.8 Å². The van der Waals surface area contributed by atoms with E-state index in [1.54, 1.807) is 6.33 Å². The molecule has 2 heterocycles. The molecule has 1 aliphatic heterocycles. The van der Waals surface area contributed by atoms with Crippen LogP contribution in [0.4, 0.5) is 5.95 Å². The summed E-state index contributed by atoms with van der Waals surface area (Å²) in [6.45, 7) is 6.37. The molecule has 120 valence electrons. The fourth-order valence-electron chi connectivity index (χ4n) is 3.01. The van der Waals surface area contributed by atoms with Crippen LogP contribution in [0.3, 0.4) is 0 Å². The van der Waals surface area contributed by atoms with Gasteiger partial charge < -0.3 is 5.32 Å². The predicted molar refractivity (Wildman–Crippen MR) is 96.9 cm³/mol. The maximum absolute atomic E-state index is 4.40. The Kier molecular flexibility index (Phi) is 3.45. The molecular formula is C20H20N4. The standard InChI is InChI=1S/C20H20N4/c1-13-4-7-16(8-5-13)19-11-18(23-20-21-12-22-24(19)20)17-9-6-14(2)15(3)10-17/h4-12,19H,1-3H3,(H,21,22,23)/t19-/m1/s1. The fraction of sp³-hybridized carbons (Fsp3) is 0.200. The molecule has 2 aromatic carbocycles. The summed E-state index contributed by atoms with van der Waals surface area (Å²) in [7, 11) is 0. The molecule has 4 rings (SSSR count). The molecule has 1 N–H and O–H groups in total. The number of fused-ring (bicyclic) bond motifs is 1. The second-order valence-electron chi connectivity index (χ2n) is 6.39. The Morgan fingerprint density at radius 1 is 0.958 bits per heavy atom. The van der Waals surface area contributed by atoms with Crippen molar-refractivity contribution in [3.63, 3.8) is 0 Å². The van der Waals surface area contributed by atoms with Crippen molar-refractivity contribution in [2.45, 2.75) is 26.8 Å². The maximum Gasteiger partial charge on any atom is 0.226 e. The maximum atomic E-state index is 4.40. The molecule has 3 aromatic rings. The van der Waals surface area contributed by atoms with Gasteiger partial charge in [-0.2, -0.15) is 10.1 Å². The third kappa shape index (κ3) is 2.50. The lowest BCUT2D eigenvalue weighted by molar-refractivity contribution is 0.612. The molecule has 0 saturated heterocycles. The van der Waals surface area contributed by atoms with E-state index in [1.165, 1.54) is 27.8 Å². The number of hydrogen-bond acceptors (Lipinski definition) is 3. The molecule has 0 amide bonds. The van der Waals surface area contributed by atoms with Crippen molar-refractivity contribution >= 4 is 11.6 Å². The Morgan fingerprint density at radius 3 is 2.50 bits per heavy atom. The van der Waals surface area contributed by atoms with Crippen molar-refractivity contribution in [3.8, 4) is 0 Å². The molecule has 24 heavy (non-hydrogen) atoms. The molecule has 0 aliphatic carbocycles. The summed E-state index contributed by atoms with van der Waals surface area (Å²) in [5.41, 5.74) is 7.29. The smallest absolute Gasteiger partial charge is 0.226 e. The van der Waals surface area contributed by atoms with E-state index >= 15 is 0 Å². The highest BCUT2D eigenvalue weighted by atomic mass is 15.4. The fourth-order valence-corrected chi connectivity index (χ4v) is 3.01. The van der Waals surface area contributed by atoms with Gasteiger partial charge in [-0.3, -0.25) is 0 Å². The van der Waals surface area contributed by atoms with Gasteiger partial charge in [0.1, 0.15) is 12.4 Å². The number of nitrogens with zero attached hydrogens (tertiary/aromatic N) is 3. The van der Waals surface area contributed by atoms with Gasteiger partial charge >= 0.3 is 0 Å². The molecule has 0 fully saturated rings. The first-order valence-electron chi connectivity index (χ1n) is 8.14. The van der Waals surface area contributed by atoms with Crippen molar-refractivity contribution in [2.75, 3.05) is 5.32 Å². The summed E-state index contributed by atoms with van der Waals surface area (Å²) in [5.74, 6) is 0.774. The average Bonchev–Trinajstić information content (AvgIpc) is 3.06. The second kappa shape index (κ2) is 5.64. The molecule has 1 aromatic heterocycles. The normalized spacial score (nSPS) is 16.3. The zero-order chi connectivity index (χ0) is 16.7. The molecule has 0 saturated carbocycles. The van der Waals surface area contributed by atoms with E-state index in [0.717, 1.165) is 11.6 Å². The summed E-state index contributed by atoms with van der Waals surface area (Å²) < 4.78 is 1.93. The summed E-state index contributed by atoms with van der Waals surface area (Å²) >= 11 is 0. The lowest BCUT2D eigenvalue weighted by Crippen LogP contribution is -2.20.